The number of hydrogen-bond donors (Lipinski definition) is 2. The standard InChI is InChI=1S/C18H14N4OS2/c23-16(19-14-8-3-6-12-5-1-2-7-13(12)14)11-25-18-20-17(21-22-18)15-9-4-10-24-15/h1-10H,11H2,(H,19,23)(H,20,21,22). The molecule has 0 saturated carbocycles. The number of H-pyrrole nitrogens is 1. The fraction of sp³-hybridized carbons (Fsp3) is 0.0556. The minimum absolute atomic E-state index is 0.0798. The quantitative estimate of drug-likeness (QED) is 0.513. The number of carbonyl (C=O) groups is 1. The van der Waals surface area contributed by atoms with Gasteiger partial charge in [0.2, 0.25) is 11.1 Å². The second kappa shape index (κ2) is 7.08. The van der Waals surface area contributed by atoms with Gasteiger partial charge in [-0.2, -0.15) is 0 Å². The molecule has 0 aliphatic heterocycles. The van der Waals surface area contributed by atoms with Gasteiger partial charge in [-0.05, 0) is 22.9 Å². The predicted octanol–water partition coefficient (Wildman–Crippen LogP) is 4.42. The molecule has 0 atom stereocenters. The van der Waals surface area contributed by atoms with E-state index in [9.17, 15) is 4.79 Å². The molecule has 4 aromatic rings. The molecule has 25 heavy (non-hydrogen) atoms. The molecule has 1 amide bonds. The highest BCUT2D eigenvalue weighted by atomic mass is 32.2. The number of rotatable bonds is 5. The Bertz CT molecular complexity index is 1010. The molecule has 2 aromatic heterocycles. The zero-order valence-corrected chi connectivity index (χ0v) is 14.7. The van der Waals surface area contributed by atoms with E-state index in [2.05, 4.69) is 20.5 Å². The van der Waals surface area contributed by atoms with Crippen LogP contribution < -0.4 is 5.32 Å². The number of aromatic nitrogens is 3. The number of nitrogens with one attached hydrogen (secondary N) is 2. The minimum atomic E-state index is -0.0798. The van der Waals surface area contributed by atoms with Crippen LogP contribution in [-0.4, -0.2) is 26.8 Å². The van der Waals surface area contributed by atoms with Crippen LogP contribution in [0.25, 0.3) is 21.5 Å². The molecule has 2 heterocycles. The van der Waals surface area contributed by atoms with Crippen LogP contribution in [0, 0.1) is 0 Å². The fourth-order valence-corrected chi connectivity index (χ4v) is 3.75. The summed E-state index contributed by atoms with van der Waals surface area (Å²) in [4.78, 5) is 17.7. The maximum Gasteiger partial charge on any atom is 0.234 e. The van der Waals surface area contributed by atoms with E-state index < -0.39 is 0 Å². The van der Waals surface area contributed by atoms with E-state index in [0.29, 0.717) is 5.16 Å². The highest BCUT2D eigenvalue weighted by Crippen LogP contribution is 2.25. The van der Waals surface area contributed by atoms with Crippen molar-refractivity contribution in [3.8, 4) is 10.7 Å². The Morgan fingerprint density at radius 1 is 1.12 bits per heavy atom. The van der Waals surface area contributed by atoms with Gasteiger partial charge in [0.25, 0.3) is 0 Å². The molecule has 4 rings (SSSR count). The number of amides is 1. The first-order valence-corrected chi connectivity index (χ1v) is 9.53. The lowest BCUT2D eigenvalue weighted by atomic mass is 10.1. The van der Waals surface area contributed by atoms with Crippen LogP contribution in [0.5, 0.6) is 0 Å². The average molecular weight is 366 g/mol. The highest BCUT2D eigenvalue weighted by molar-refractivity contribution is 7.99. The number of benzene rings is 2. The smallest absolute Gasteiger partial charge is 0.234 e. The van der Waals surface area contributed by atoms with Crippen molar-refractivity contribution in [3.05, 3.63) is 60.0 Å². The maximum absolute atomic E-state index is 12.3. The molecular formula is C18H14N4OS2. The van der Waals surface area contributed by atoms with E-state index >= 15 is 0 Å². The van der Waals surface area contributed by atoms with Crippen molar-refractivity contribution in [2.75, 3.05) is 11.1 Å². The number of thioether (sulfide) groups is 1. The van der Waals surface area contributed by atoms with Crippen LogP contribution in [0.2, 0.25) is 0 Å². The topological polar surface area (TPSA) is 70.7 Å². The van der Waals surface area contributed by atoms with Gasteiger partial charge in [-0.15, -0.1) is 16.4 Å². The van der Waals surface area contributed by atoms with Crippen LogP contribution in [0.1, 0.15) is 0 Å². The molecule has 2 N–H and O–H groups in total. The first-order chi connectivity index (χ1) is 12.3. The van der Waals surface area contributed by atoms with Crippen molar-refractivity contribution in [2.24, 2.45) is 0 Å². The van der Waals surface area contributed by atoms with Gasteiger partial charge >= 0.3 is 0 Å². The molecule has 2 aromatic carbocycles. The summed E-state index contributed by atoms with van der Waals surface area (Å²) in [5.74, 6) is 0.904. The summed E-state index contributed by atoms with van der Waals surface area (Å²) in [6.07, 6.45) is 0. The van der Waals surface area contributed by atoms with Gasteiger partial charge in [0, 0.05) is 11.1 Å². The number of carbonyl (C=O) groups excluding carboxylic acids is 1. The number of hydrogen-bond acceptors (Lipinski definition) is 5. The van der Waals surface area contributed by atoms with Gasteiger partial charge in [-0.25, -0.2) is 4.98 Å². The van der Waals surface area contributed by atoms with Crippen LogP contribution in [-0.2, 0) is 4.79 Å². The van der Waals surface area contributed by atoms with Gasteiger partial charge in [0.15, 0.2) is 5.82 Å². The van der Waals surface area contributed by atoms with E-state index in [4.69, 9.17) is 0 Å². The van der Waals surface area contributed by atoms with Crippen LogP contribution in [0.4, 0.5) is 5.69 Å². The Kier molecular flexibility index (Phi) is 4.49. The van der Waals surface area contributed by atoms with Crippen LogP contribution in [0.15, 0.2) is 65.1 Å². The molecule has 0 bridgehead atoms. The zero-order valence-electron chi connectivity index (χ0n) is 13.1. The van der Waals surface area contributed by atoms with Crippen molar-refractivity contribution in [1.29, 1.82) is 0 Å². The second-order valence-corrected chi connectivity index (χ2v) is 7.20. The van der Waals surface area contributed by atoms with E-state index in [0.717, 1.165) is 27.2 Å². The molecule has 0 aliphatic rings. The minimum Gasteiger partial charge on any atom is -0.325 e. The molecule has 0 spiro atoms. The SMILES string of the molecule is O=C(CSc1n[nH]c(-c2cccs2)n1)Nc1cccc2ccccc12. The van der Waals surface area contributed by atoms with Gasteiger partial charge in [-0.1, -0.05) is 54.2 Å². The summed E-state index contributed by atoms with van der Waals surface area (Å²) in [5, 5.41) is 14.7. The maximum atomic E-state index is 12.3. The third-order valence-electron chi connectivity index (χ3n) is 3.62. The van der Waals surface area contributed by atoms with E-state index in [-0.39, 0.29) is 11.7 Å². The number of fused-ring (bicyclic) bond motifs is 1. The lowest BCUT2D eigenvalue weighted by molar-refractivity contribution is -0.113. The molecular weight excluding hydrogens is 352 g/mol. The number of anilines is 1. The zero-order chi connectivity index (χ0) is 17.1. The first kappa shape index (κ1) is 15.9. The van der Waals surface area contributed by atoms with Crippen molar-refractivity contribution in [3.63, 3.8) is 0 Å². The van der Waals surface area contributed by atoms with Gasteiger partial charge in [0.05, 0.1) is 10.6 Å². The largest absolute Gasteiger partial charge is 0.325 e. The fourth-order valence-electron chi connectivity index (χ4n) is 2.49. The van der Waals surface area contributed by atoms with Crippen LogP contribution in [0.3, 0.4) is 0 Å². The molecule has 124 valence electrons. The van der Waals surface area contributed by atoms with Gasteiger partial charge in [-0.3, -0.25) is 9.89 Å². The Balaban J connectivity index is 1.41. The van der Waals surface area contributed by atoms with Gasteiger partial charge < -0.3 is 5.32 Å². The van der Waals surface area contributed by atoms with E-state index in [1.54, 1.807) is 11.3 Å². The van der Waals surface area contributed by atoms with Crippen LogP contribution >= 0.6 is 23.1 Å². The third-order valence-corrected chi connectivity index (χ3v) is 5.34. The molecule has 0 aliphatic carbocycles. The molecule has 7 heteroatoms. The van der Waals surface area contributed by atoms with Crippen molar-refractivity contribution in [2.45, 2.75) is 5.16 Å². The lowest BCUT2D eigenvalue weighted by Gasteiger charge is -2.08. The molecule has 0 saturated heterocycles. The average Bonchev–Trinajstić information content (AvgIpc) is 3.32. The predicted molar refractivity (Wildman–Crippen MR) is 103 cm³/mol. The third kappa shape index (κ3) is 3.57. The van der Waals surface area contributed by atoms with Gasteiger partial charge in [0.1, 0.15) is 0 Å². The van der Waals surface area contributed by atoms with Crippen molar-refractivity contribution in [1.82, 2.24) is 15.2 Å². The Morgan fingerprint density at radius 2 is 2.00 bits per heavy atom. The normalized spacial score (nSPS) is 10.9. The van der Waals surface area contributed by atoms with E-state index in [1.165, 1.54) is 11.8 Å². The summed E-state index contributed by atoms with van der Waals surface area (Å²) in [7, 11) is 0. The lowest BCUT2D eigenvalue weighted by Crippen LogP contribution is -2.14. The van der Waals surface area contributed by atoms with Crippen molar-refractivity contribution >= 4 is 45.5 Å². The summed E-state index contributed by atoms with van der Waals surface area (Å²) in [6, 6.07) is 17.8. The van der Waals surface area contributed by atoms with Crippen molar-refractivity contribution < 1.29 is 4.79 Å². The summed E-state index contributed by atoms with van der Waals surface area (Å²) >= 11 is 2.90. The molecule has 0 radical (unpaired) electrons. The number of thiophene rings is 1. The summed E-state index contributed by atoms with van der Waals surface area (Å²) in [6.45, 7) is 0. The molecule has 5 nitrogen and oxygen atoms in total. The highest BCUT2D eigenvalue weighted by Gasteiger charge is 2.10. The molecule has 0 unspecified atom stereocenters. The monoisotopic (exact) mass is 366 g/mol. The van der Waals surface area contributed by atoms with E-state index in [1.807, 2.05) is 60.0 Å². The Morgan fingerprint density at radius 3 is 2.88 bits per heavy atom. The summed E-state index contributed by atoms with van der Waals surface area (Å²) < 4.78 is 0. The number of nitrogens with zero attached hydrogens (tertiary/aromatic N) is 2. The molecule has 0 fully saturated rings. The second-order valence-electron chi connectivity index (χ2n) is 5.31. The first-order valence-electron chi connectivity index (χ1n) is 7.66. The number of aromatic amines is 1. The summed E-state index contributed by atoms with van der Waals surface area (Å²) in [5.41, 5.74) is 0.818. The Labute approximate surface area is 152 Å². The Hall–Kier alpha value is -2.64.